The average molecular weight is 356 g/mol. The Morgan fingerprint density at radius 3 is 2.85 bits per heavy atom. The first-order valence-electron chi connectivity index (χ1n) is 8.49. The first-order chi connectivity index (χ1) is 12.6. The number of aromatic nitrogens is 2. The van der Waals surface area contributed by atoms with E-state index in [1.54, 1.807) is 18.2 Å². The molecule has 1 aromatic carbocycles. The average Bonchev–Trinajstić information content (AvgIpc) is 2.66. The van der Waals surface area contributed by atoms with E-state index in [4.69, 9.17) is 4.74 Å². The van der Waals surface area contributed by atoms with E-state index in [0.29, 0.717) is 24.7 Å². The highest BCUT2D eigenvalue weighted by molar-refractivity contribution is 5.91. The quantitative estimate of drug-likeness (QED) is 0.831. The number of morpholine rings is 1. The lowest BCUT2D eigenvalue weighted by atomic mass is 10.2. The van der Waals surface area contributed by atoms with Gasteiger partial charge in [-0.1, -0.05) is 18.2 Å². The van der Waals surface area contributed by atoms with Crippen LogP contribution in [0.15, 0.2) is 36.4 Å². The van der Waals surface area contributed by atoms with Gasteiger partial charge < -0.3 is 15.0 Å². The predicted molar refractivity (Wildman–Crippen MR) is 97.1 cm³/mol. The molecular formula is C19H21FN4O2. The topological polar surface area (TPSA) is 67.4 Å². The molecule has 3 rings (SSSR count). The fourth-order valence-corrected chi connectivity index (χ4v) is 2.62. The molecule has 136 valence electrons. The molecule has 6 nitrogen and oxygen atoms in total. The summed E-state index contributed by atoms with van der Waals surface area (Å²) in [7, 11) is 0. The molecule has 1 aliphatic rings. The molecule has 0 aliphatic carbocycles. The van der Waals surface area contributed by atoms with Crippen molar-refractivity contribution in [3.05, 3.63) is 59.2 Å². The number of hydrogen-bond acceptors (Lipinski definition) is 5. The maximum Gasteiger partial charge on any atom is 0.244 e. The van der Waals surface area contributed by atoms with Gasteiger partial charge in [-0.2, -0.15) is 0 Å². The van der Waals surface area contributed by atoms with Crippen LogP contribution in [0.2, 0.25) is 0 Å². The first kappa shape index (κ1) is 18.0. The van der Waals surface area contributed by atoms with Crippen molar-refractivity contribution in [1.82, 2.24) is 15.3 Å². The van der Waals surface area contributed by atoms with E-state index < -0.39 is 0 Å². The van der Waals surface area contributed by atoms with Crippen LogP contribution in [0.4, 0.5) is 10.3 Å². The van der Waals surface area contributed by atoms with E-state index in [0.717, 1.165) is 24.5 Å². The monoisotopic (exact) mass is 356 g/mol. The van der Waals surface area contributed by atoms with Gasteiger partial charge in [0, 0.05) is 30.4 Å². The van der Waals surface area contributed by atoms with Crippen LogP contribution in [0.3, 0.4) is 0 Å². The molecule has 7 heteroatoms. The number of carbonyl (C=O) groups excluding carboxylic acids is 1. The Labute approximate surface area is 151 Å². The molecule has 1 N–H and O–H groups in total. The zero-order valence-electron chi connectivity index (χ0n) is 14.6. The van der Waals surface area contributed by atoms with E-state index >= 15 is 0 Å². The summed E-state index contributed by atoms with van der Waals surface area (Å²) >= 11 is 0. The summed E-state index contributed by atoms with van der Waals surface area (Å²) < 4.78 is 18.9. The second-order valence-electron chi connectivity index (χ2n) is 5.97. The van der Waals surface area contributed by atoms with Gasteiger partial charge in [-0.25, -0.2) is 14.4 Å². The number of anilines is 1. The Kier molecular flexibility index (Phi) is 5.91. The highest BCUT2D eigenvalue weighted by Gasteiger charge is 2.15. The molecule has 1 amide bonds. The standard InChI is InChI=1S/C19H21FN4O2/c1-14-12-16(23-19(22-14)24-8-10-26-11-9-24)13-21-18(25)7-6-15-4-2-3-5-17(15)20/h2-7,12H,8-11,13H2,1H3,(H,21,25)/b7-6+. The molecule has 1 aromatic heterocycles. The van der Waals surface area contributed by atoms with Gasteiger partial charge >= 0.3 is 0 Å². The summed E-state index contributed by atoms with van der Waals surface area (Å²) in [5.41, 5.74) is 1.94. The van der Waals surface area contributed by atoms with Crippen LogP contribution in [-0.4, -0.2) is 42.2 Å². The minimum atomic E-state index is -0.363. The van der Waals surface area contributed by atoms with Crippen LogP contribution < -0.4 is 10.2 Å². The Bertz CT molecular complexity index is 804. The Morgan fingerprint density at radius 2 is 2.08 bits per heavy atom. The lowest BCUT2D eigenvalue weighted by Gasteiger charge is -2.27. The van der Waals surface area contributed by atoms with E-state index in [1.807, 2.05) is 13.0 Å². The van der Waals surface area contributed by atoms with Crippen molar-refractivity contribution in [2.75, 3.05) is 31.2 Å². The van der Waals surface area contributed by atoms with Crippen LogP contribution in [0, 0.1) is 12.7 Å². The van der Waals surface area contributed by atoms with Crippen LogP contribution in [0.25, 0.3) is 6.08 Å². The molecule has 1 fully saturated rings. The van der Waals surface area contributed by atoms with Crippen molar-refractivity contribution in [2.45, 2.75) is 13.5 Å². The lowest BCUT2D eigenvalue weighted by molar-refractivity contribution is -0.116. The number of nitrogens with one attached hydrogen (secondary N) is 1. The van der Waals surface area contributed by atoms with Gasteiger partial charge in [0.1, 0.15) is 5.82 Å². The summed E-state index contributed by atoms with van der Waals surface area (Å²) in [5.74, 6) is -0.0185. The smallest absolute Gasteiger partial charge is 0.244 e. The molecule has 26 heavy (non-hydrogen) atoms. The normalized spacial score (nSPS) is 14.6. The Balaban J connectivity index is 1.61. The molecule has 0 unspecified atom stereocenters. The number of rotatable bonds is 5. The zero-order valence-corrected chi connectivity index (χ0v) is 14.6. The molecule has 0 radical (unpaired) electrons. The highest BCUT2D eigenvalue weighted by atomic mass is 19.1. The molecule has 1 saturated heterocycles. The molecule has 1 aliphatic heterocycles. The third kappa shape index (κ3) is 4.86. The third-order valence-corrected chi connectivity index (χ3v) is 3.95. The number of ether oxygens (including phenoxy) is 1. The minimum absolute atomic E-state index is 0.279. The van der Waals surface area contributed by atoms with Crippen LogP contribution in [0.5, 0.6) is 0 Å². The molecule has 0 atom stereocenters. The van der Waals surface area contributed by atoms with Gasteiger partial charge in [-0.05, 0) is 25.1 Å². The van der Waals surface area contributed by atoms with Crippen molar-refractivity contribution in [3.8, 4) is 0 Å². The molecular weight excluding hydrogens is 335 g/mol. The summed E-state index contributed by atoms with van der Waals surface area (Å²) in [6, 6.07) is 8.13. The van der Waals surface area contributed by atoms with Gasteiger partial charge in [0.2, 0.25) is 11.9 Å². The highest BCUT2D eigenvalue weighted by Crippen LogP contribution is 2.12. The fraction of sp³-hybridized carbons (Fsp3) is 0.316. The van der Waals surface area contributed by atoms with Crippen molar-refractivity contribution in [3.63, 3.8) is 0 Å². The van der Waals surface area contributed by atoms with Crippen LogP contribution >= 0.6 is 0 Å². The second-order valence-corrected chi connectivity index (χ2v) is 5.97. The summed E-state index contributed by atoms with van der Waals surface area (Å²) in [6.45, 7) is 4.99. The zero-order chi connectivity index (χ0) is 18.4. The maximum absolute atomic E-state index is 13.5. The predicted octanol–water partition coefficient (Wildman–Crippen LogP) is 2.09. The summed E-state index contributed by atoms with van der Waals surface area (Å²) in [6.07, 6.45) is 2.77. The van der Waals surface area contributed by atoms with Crippen molar-refractivity contribution >= 4 is 17.9 Å². The molecule has 2 heterocycles. The molecule has 0 saturated carbocycles. The van der Waals surface area contributed by atoms with Gasteiger partial charge in [-0.3, -0.25) is 4.79 Å². The van der Waals surface area contributed by atoms with Crippen LogP contribution in [0.1, 0.15) is 17.0 Å². The maximum atomic E-state index is 13.5. The largest absolute Gasteiger partial charge is 0.378 e. The number of hydrogen-bond donors (Lipinski definition) is 1. The second kappa shape index (κ2) is 8.53. The number of halogens is 1. The number of amides is 1. The van der Waals surface area contributed by atoms with Crippen molar-refractivity contribution in [1.29, 1.82) is 0 Å². The van der Waals surface area contributed by atoms with E-state index in [9.17, 15) is 9.18 Å². The summed E-state index contributed by atoms with van der Waals surface area (Å²) in [5, 5.41) is 2.76. The van der Waals surface area contributed by atoms with Gasteiger partial charge in [-0.15, -0.1) is 0 Å². The third-order valence-electron chi connectivity index (χ3n) is 3.95. The number of nitrogens with zero attached hydrogens (tertiary/aromatic N) is 3. The van der Waals surface area contributed by atoms with Gasteiger partial charge in [0.05, 0.1) is 25.5 Å². The Morgan fingerprint density at radius 1 is 1.31 bits per heavy atom. The number of carbonyl (C=O) groups is 1. The van der Waals surface area contributed by atoms with Crippen LogP contribution in [-0.2, 0) is 16.1 Å². The van der Waals surface area contributed by atoms with Gasteiger partial charge in [0.15, 0.2) is 0 Å². The SMILES string of the molecule is Cc1cc(CNC(=O)/C=C/c2ccccc2F)nc(N2CCOCC2)n1. The van der Waals surface area contributed by atoms with E-state index in [-0.39, 0.29) is 18.3 Å². The van der Waals surface area contributed by atoms with Gasteiger partial charge in [0.25, 0.3) is 0 Å². The first-order valence-corrected chi connectivity index (χ1v) is 8.49. The van der Waals surface area contributed by atoms with Crippen molar-refractivity contribution in [2.24, 2.45) is 0 Å². The number of benzene rings is 1. The number of aryl methyl sites for hydroxylation is 1. The van der Waals surface area contributed by atoms with E-state index in [2.05, 4.69) is 20.2 Å². The summed E-state index contributed by atoms with van der Waals surface area (Å²) in [4.78, 5) is 23.0. The molecule has 0 bridgehead atoms. The molecule has 0 spiro atoms. The lowest BCUT2D eigenvalue weighted by Crippen LogP contribution is -2.37. The van der Waals surface area contributed by atoms with E-state index in [1.165, 1.54) is 18.2 Å². The van der Waals surface area contributed by atoms with Crippen molar-refractivity contribution < 1.29 is 13.9 Å². The Hall–Kier alpha value is -2.80. The molecule has 2 aromatic rings. The minimum Gasteiger partial charge on any atom is -0.378 e. The fourth-order valence-electron chi connectivity index (χ4n) is 2.62.